The van der Waals surface area contributed by atoms with Gasteiger partial charge in [-0.2, -0.15) is 13.2 Å². The highest BCUT2D eigenvalue weighted by atomic mass is 32.2. The first-order valence-electron chi connectivity index (χ1n) is 13.1. The van der Waals surface area contributed by atoms with Crippen LogP contribution >= 0.6 is 0 Å². The van der Waals surface area contributed by atoms with Gasteiger partial charge in [0, 0.05) is 5.69 Å². The number of carbonyl (C=O) groups excluding carboxylic acids is 2. The molecule has 0 aliphatic carbocycles. The van der Waals surface area contributed by atoms with Crippen molar-refractivity contribution >= 4 is 43.4 Å². The number of nitrogens with zero attached hydrogens (tertiary/aromatic N) is 1. The topological polar surface area (TPSA) is 148 Å². The quantitative estimate of drug-likeness (QED) is 0.332. The smallest absolute Gasteiger partial charge is 0.416 e. The molecule has 45 heavy (non-hydrogen) atoms. The second-order valence-electron chi connectivity index (χ2n) is 10.8. The van der Waals surface area contributed by atoms with E-state index in [0.29, 0.717) is 16.4 Å². The molecule has 1 atom stereocenters. The van der Waals surface area contributed by atoms with Crippen LogP contribution in [-0.2, 0) is 35.8 Å². The molecule has 3 aromatic rings. The minimum atomic E-state index is -4.85. The molecule has 0 saturated carbocycles. The fourth-order valence-corrected chi connectivity index (χ4v) is 6.72. The molecule has 4 rings (SSSR count). The van der Waals surface area contributed by atoms with Gasteiger partial charge in [0.1, 0.15) is 23.3 Å². The van der Waals surface area contributed by atoms with E-state index in [9.17, 15) is 44.0 Å². The third-order valence-electron chi connectivity index (χ3n) is 6.07. The lowest BCUT2D eigenvalue weighted by Gasteiger charge is -2.35. The lowest BCUT2D eigenvalue weighted by atomic mass is 10.1. The zero-order valence-electron chi connectivity index (χ0n) is 23.9. The van der Waals surface area contributed by atoms with Crippen molar-refractivity contribution in [3.63, 3.8) is 0 Å². The number of hydrogen-bond acceptors (Lipinski definition) is 8. The van der Waals surface area contributed by atoms with Crippen LogP contribution in [-0.4, -0.2) is 47.1 Å². The minimum absolute atomic E-state index is 0.0532. The molecule has 2 amide bonds. The predicted octanol–water partition coefficient (Wildman–Crippen LogP) is 5.04. The van der Waals surface area contributed by atoms with E-state index < -0.39 is 84.1 Å². The molecular formula is C28H27F4N3O8S2. The van der Waals surface area contributed by atoms with Crippen molar-refractivity contribution in [3.05, 3.63) is 78.1 Å². The summed E-state index contributed by atoms with van der Waals surface area (Å²) in [5.41, 5.74) is -2.22. The molecule has 2 N–H and O–H groups in total. The van der Waals surface area contributed by atoms with Crippen molar-refractivity contribution in [1.29, 1.82) is 0 Å². The van der Waals surface area contributed by atoms with Crippen LogP contribution in [0.3, 0.4) is 0 Å². The molecule has 17 heteroatoms. The number of nitrogens with one attached hydrogen (secondary N) is 2. The van der Waals surface area contributed by atoms with Crippen molar-refractivity contribution in [3.8, 4) is 5.75 Å². The van der Waals surface area contributed by atoms with Gasteiger partial charge in [-0.15, -0.1) is 0 Å². The highest BCUT2D eigenvalue weighted by Crippen LogP contribution is 2.40. The lowest BCUT2D eigenvalue weighted by molar-refractivity contribution is -0.137. The van der Waals surface area contributed by atoms with E-state index in [1.54, 1.807) is 25.5 Å². The molecule has 1 aliphatic rings. The number of carbonyl (C=O) groups is 2. The molecular weight excluding hydrogens is 646 g/mol. The summed E-state index contributed by atoms with van der Waals surface area (Å²) >= 11 is 0. The third-order valence-corrected chi connectivity index (χ3v) is 9.24. The summed E-state index contributed by atoms with van der Waals surface area (Å²) in [7, 11) is -9.19. The molecule has 0 aromatic heterocycles. The highest BCUT2D eigenvalue weighted by molar-refractivity contribution is 7.92. The number of amides is 2. The number of benzene rings is 3. The van der Waals surface area contributed by atoms with Crippen molar-refractivity contribution in [2.75, 3.05) is 16.2 Å². The summed E-state index contributed by atoms with van der Waals surface area (Å²) in [6.07, 6.45) is -7.74. The van der Waals surface area contributed by atoms with E-state index in [2.05, 4.69) is 5.32 Å². The summed E-state index contributed by atoms with van der Waals surface area (Å²) in [5, 5.41) is 2.44. The highest BCUT2D eigenvalue weighted by Gasteiger charge is 2.38. The first-order valence-corrected chi connectivity index (χ1v) is 16.0. The molecule has 0 spiro atoms. The summed E-state index contributed by atoms with van der Waals surface area (Å²) in [4.78, 5) is 23.9. The zero-order valence-corrected chi connectivity index (χ0v) is 25.5. The molecule has 0 saturated heterocycles. The Kier molecular flexibility index (Phi) is 9.08. The van der Waals surface area contributed by atoms with E-state index in [1.807, 2.05) is 0 Å². The molecule has 1 aliphatic heterocycles. The maximum absolute atomic E-state index is 13.8. The summed E-state index contributed by atoms with van der Waals surface area (Å²) in [6, 6.07) is 10.4. The van der Waals surface area contributed by atoms with Crippen LogP contribution in [0.4, 0.5) is 33.7 Å². The van der Waals surface area contributed by atoms with Crippen LogP contribution in [0.5, 0.6) is 5.75 Å². The fraction of sp³-hybridized carbons (Fsp3) is 0.286. The van der Waals surface area contributed by atoms with E-state index in [1.165, 1.54) is 18.2 Å². The second-order valence-corrected chi connectivity index (χ2v) is 14.3. The van der Waals surface area contributed by atoms with E-state index in [-0.39, 0.29) is 17.1 Å². The van der Waals surface area contributed by atoms with Crippen molar-refractivity contribution < 1.29 is 53.5 Å². The molecule has 0 bridgehead atoms. The Morgan fingerprint density at radius 3 is 2.24 bits per heavy atom. The lowest BCUT2D eigenvalue weighted by Crippen LogP contribution is -2.46. The normalized spacial score (nSPS) is 15.4. The van der Waals surface area contributed by atoms with Crippen molar-refractivity contribution in [2.24, 2.45) is 0 Å². The number of sulfonamides is 2. The average Bonchev–Trinajstić information content (AvgIpc) is 2.91. The SMILES string of the molecule is CC(C)(C)OC(=O)Nc1ccc2c(c1)N(S(=O)(=O)c1cccc(C(F)(F)F)c1)C[C@H](CC(=O)NS(=O)(=O)c1ccc(F)cc1)O2. The fourth-order valence-electron chi connectivity index (χ4n) is 4.18. The van der Waals surface area contributed by atoms with Crippen LogP contribution in [0.2, 0.25) is 0 Å². The first-order chi connectivity index (χ1) is 20.7. The van der Waals surface area contributed by atoms with Crippen LogP contribution in [0.25, 0.3) is 0 Å². The van der Waals surface area contributed by atoms with Gasteiger partial charge in [0.25, 0.3) is 20.0 Å². The molecule has 3 aromatic carbocycles. The third kappa shape index (κ3) is 8.21. The minimum Gasteiger partial charge on any atom is -0.486 e. The standard InChI is InChI=1S/C28H27F4N3O8S2/c1-27(2,3)43-26(37)33-19-9-12-24-23(14-19)35(45(40,41)22-6-4-5-17(13-22)28(30,31)32)16-20(42-24)15-25(36)34-44(38,39)21-10-7-18(29)8-11-21/h4-14,20H,15-16H2,1-3H3,(H,33,37)(H,34,36)/t20-/m0/s1. The van der Waals surface area contributed by atoms with E-state index in [0.717, 1.165) is 36.4 Å². The Morgan fingerprint density at radius 2 is 1.62 bits per heavy atom. The zero-order chi connectivity index (χ0) is 33.4. The molecule has 0 radical (unpaired) electrons. The summed E-state index contributed by atoms with van der Waals surface area (Å²) < 4.78 is 120. The molecule has 242 valence electrons. The Labute approximate surface area is 256 Å². The monoisotopic (exact) mass is 673 g/mol. The Bertz CT molecular complexity index is 1830. The van der Waals surface area contributed by atoms with Crippen LogP contribution in [0, 0.1) is 5.82 Å². The van der Waals surface area contributed by atoms with Gasteiger partial charge in [-0.05, 0) is 81.4 Å². The maximum Gasteiger partial charge on any atom is 0.416 e. The molecule has 11 nitrogen and oxygen atoms in total. The Morgan fingerprint density at radius 1 is 0.956 bits per heavy atom. The largest absolute Gasteiger partial charge is 0.486 e. The number of halogens is 4. The Hall–Kier alpha value is -4.38. The van der Waals surface area contributed by atoms with Gasteiger partial charge in [0.05, 0.1) is 34.0 Å². The molecule has 0 unspecified atom stereocenters. The van der Waals surface area contributed by atoms with Crippen molar-refractivity contribution in [1.82, 2.24) is 4.72 Å². The van der Waals surface area contributed by atoms with Crippen LogP contribution in [0.1, 0.15) is 32.8 Å². The van der Waals surface area contributed by atoms with Gasteiger partial charge in [-0.1, -0.05) is 6.07 Å². The van der Waals surface area contributed by atoms with Crippen LogP contribution < -0.4 is 19.1 Å². The van der Waals surface area contributed by atoms with Crippen molar-refractivity contribution in [2.45, 2.75) is 54.9 Å². The van der Waals surface area contributed by atoms with Gasteiger partial charge >= 0.3 is 12.3 Å². The molecule has 0 fully saturated rings. The number of anilines is 2. The predicted molar refractivity (Wildman–Crippen MR) is 153 cm³/mol. The number of hydrogen-bond donors (Lipinski definition) is 2. The van der Waals surface area contributed by atoms with E-state index in [4.69, 9.17) is 9.47 Å². The second kappa shape index (κ2) is 12.2. The van der Waals surface area contributed by atoms with Gasteiger partial charge in [-0.3, -0.25) is 14.4 Å². The number of ether oxygens (including phenoxy) is 2. The van der Waals surface area contributed by atoms with Gasteiger partial charge in [0.15, 0.2) is 0 Å². The van der Waals surface area contributed by atoms with Gasteiger partial charge in [-0.25, -0.2) is 30.7 Å². The maximum atomic E-state index is 13.8. The number of rotatable bonds is 7. The molecule has 1 heterocycles. The summed E-state index contributed by atoms with van der Waals surface area (Å²) in [5.74, 6) is -1.95. The first kappa shape index (κ1) is 33.5. The van der Waals surface area contributed by atoms with Gasteiger partial charge < -0.3 is 9.47 Å². The van der Waals surface area contributed by atoms with E-state index >= 15 is 0 Å². The van der Waals surface area contributed by atoms with Crippen LogP contribution in [0.15, 0.2) is 76.5 Å². The summed E-state index contributed by atoms with van der Waals surface area (Å²) in [6.45, 7) is 4.24. The van der Waals surface area contributed by atoms with Gasteiger partial charge in [0.2, 0.25) is 5.91 Å². The average molecular weight is 674 g/mol. The number of fused-ring (bicyclic) bond motifs is 1. The number of alkyl halides is 3. The Balaban J connectivity index is 1.67.